The number of nitrogens with one attached hydrogen (secondary N) is 1. The van der Waals surface area contributed by atoms with E-state index < -0.39 is 10.0 Å². The quantitative estimate of drug-likeness (QED) is 0.461. The maximum atomic E-state index is 12.3. The normalized spacial score (nSPS) is 11.9. The summed E-state index contributed by atoms with van der Waals surface area (Å²) < 4.78 is 24.6. The van der Waals surface area contributed by atoms with Crippen molar-refractivity contribution in [2.24, 2.45) is 5.10 Å². The summed E-state index contributed by atoms with van der Waals surface area (Å²) in [6, 6.07) is 6.26. The van der Waals surface area contributed by atoms with E-state index in [1.165, 1.54) is 12.3 Å². The van der Waals surface area contributed by atoms with Gasteiger partial charge < -0.3 is 0 Å². The molecule has 1 aromatic carbocycles. The minimum atomic E-state index is -4.02. The average molecular weight is 413 g/mol. The zero-order valence-electron chi connectivity index (χ0n) is 11.5. The first-order chi connectivity index (χ1) is 10.7. The van der Waals surface area contributed by atoms with Gasteiger partial charge in [0, 0.05) is 5.56 Å². The molecule has 2 rings (SSSR count). The van der Waals surface area contributed by atoms with E-state index in [0.717, 1.165) is 0 Å². The van der Waals surface area contributed by atoms with Crippen LogP contribution < -0.4 is 4.83 Å². The Bertz CT molecular complexity index is 842. The van der Waals surface area contributed by atoms with Crippen LogP contribution in [0.4, 0.5) is 0 Å². The zero-order valence-corrected chi connectivity index (χ0v) is 15.4. The second-order valence-corrected chi connectivity index (χ2v) is 7.53. The molecule has 0 atom stereocenters. The van der Waals surface area contributed by atoms with Crippen molar-refractivity contribution in [3.63, 3.8) is 0 Å². The van der Waals surface area contributed by atoms with Gasteiger partial charge in [-0.15, -0.1) is 0 Å². The second-order valence-electron chi connectivity index (χ2n) is 4.37. The van der Waals surface area contributed by atoms with E-state index in [1.807, 2.05) is 4.83 Å². The van der Waals surface area contributed by atoms with E-state index in [0.29, 0.717) is 21.2 Å². The Balaban J connectivity index is 2.32. The monoisotopic (exact) mass is 411 g/mol. The summed E-state index contributed by atoms with van der Waals surface area (Å²) in [6.45, 7) is 1.54. The summed E-state index contributed by atoms with van der Waals surface area (Å²) >= 11 is 23.5. The zero-order chi connectivity index (χ0) is 17.2. The number of hydrazone groups is 1. The molecule has 2 aromatic rings. The lowest BCUT2D eigenvalue weighted by molar-refractivity contribution is 0.583. The van der Waals surface area contributed by atoms with E-state index in [2.05, 4.69) is 10.1 Å². The Morgan fingerprint density at radius 1 is 1.17 bits per heavy atom. The number of benzene rings is 1. The molecule has 0 saturated heterocycles. The van der Waals surface area contributed by atoms with Crippen LogP contribution in [-0.2, 0) is 10.0 Å². The molecule has 0 bridgehead atoms. The molecule has 5 nitrogen and oxygen atoms in total. The molecule has 23 heavy (non-hydrogen) atoms. The first-order valence-corrected chi connectivity index (χ1v) is 9.03. The number of nitrogens with zero attached hydrogens (tertiary/aromatic N) is 2. The standard InChI is InChI=1S/C13H9Cl4N3O2S/c1-7-5-11(16)19-13(17)12(7)23(21,22)20-18-6-8-9(14)3-2-4-10(8)15/h2-6,20H,1H3/b18-6-. The Morgan fingerprint density at radius 2 is 1.78 bits per heavy atom. The number of pyridine rings is 1. The van der Waals surface area contributed by atoms with Crippen molar-refractivity contribution in [3.05, 3.63) is 55.7 Å². The Labute approximate surface area is 153 Å². The molecule has 0 aliphatic carbocycles. The van der Waals surface area contributed by atoms with Gasteiger partial charge in [0.05, 0.1) is 16.3 Å². The summed E-state index contributed by atoms with van der Waals surface area (Å²) in [5.74, 6) is 0. The van der Waals surface area contributed by atoms with Crippen molar-refractivity contribution in [3.8, 4) is 0 Å². The molecule has 0 amide bonds. The summed E-state index contributed by atoms with van der Waals surface area (Å²) in [6.07, 6.45) is 1.20. The lowest BCUT2D eigenvalue weighted by Gasteiger charge is -2.08. The van der Waals surface area contributed by atoms with Crippen LogP contribution >= 0.6 is 46.4 Å². The molecule has 1 aromatic heterocycles. The van der Waals surface area contributed by atoms with Gasteiger partial charge in [0.2, 0.25) is 0 Å². The Hall–Kier alpha value is -1.05. The van der Waals surface area contributed by atoms with Crippen LogP contribution in [0.25, 0.3) is 0 Å². The van der Waals surface area contributed by atoms with Gasteiger partial charge in [-0.3, -0.25) is 0 Å². The van der Waals surface area contributed by atoms with Gasteiger partial charge in [-0.25, -0.2) is 4.98 Å². The highest BCUT2D eigenvalue weighted by Gasteiger charge is 2.22. The van der Waals surface area contributed by atoms with Gasteiger partial charge in [0.15, 0.2) is 5.15 Å². The predicted octanol–water partition coefficient (Wildman–Crippen LogP) is 4.32. The highest BCUT2D eigenvalue weighted by atomic mass is 35.5. The molecule has 0 aliphatic rings. The van der Waals surface area contributed by atoms with E-state index in [9.17, 15) is 8.42 Å². The van der Waals surface area contributed by atoms with Crippen LogP contribution in [0.2, 0.25) is 20.4 Å². The lowest BCUT2D eigenvalue weighted by Crippen LogP contribution is -2.20. The van der Waals surface area contributed by atoms with E-state index in [1.54, 1.807) is 25.1 Å². The predicted molar refractivity (Wildman–Crippen MR) is 93.4 cm³/mol. The molecule has 1 heterocycles. The Morgan fingerprint density at radius 3 is 2.35 bits per heavy atom. The number of aromatic nitrogens is 1. The second kappa shape index (κ2) is 7.23. The molecule has 0 fully saturated rings. The van der Waals surface area contributed by atoms with Crippen LogP contribution in [0.1, 0.15) is 11.1 Å². The van der Waals surface area contributed by atoms with Gasteiger partial charge in [-0.2, -0.15) is 18.4 Å². The highest BCUT2D eigenvalue weighted by molar-refractivity contribution is 7.89. The van der Waals surface area contributed by atoms with Gasteiger partial charge in [-0.05, 0) is 30.7 Å². The van der Waals surface area contributed by atoms with Crippen LogP contribution in [0.3, 0.4) is 0 Å². The van der Waals surface area contributed by atoms with Crippen LogP contribution in [0, 0.1) is 6.92 Å². The minimum absolute atomic E-state index is 0.0952. The van der Waals surface area contributed by atoms with Gasteiger partial charge in [0.1, 0.15) is 10.0 Å². The van der Waals surface area contributed by atoms with E-state index >= 15 is 0 Å². The van der Waals surface area contributed by atoms with Crippen LogP contribution in [0.15, 0.2) is 34.3 Å². The van der Waals surface area contributed by atoms with E-state index in [-0.39, 0.29) is 15.2 Å². The number of aryl methyl sites for hydroxylation is 1. The molecular weight excluding hydrogens is 404 g/mol. The topological polar surface area (TPSA) is 71.4 Å². The maximum absolute atomic E-state index is 12.3. The lowest BCUT2D eigenvalue weighted by atomic mass is 10.2. The van der Waals surface area contributed by atoms with Crippen molar-refractivity contribution in [2.45, 2.75) is 11.8 Å². The third-order valence-corrected chi connectivity index (χ3v) is 5.36. The fraction of sp³-hybridized carbons (Fsp3) is 0.0769. The number of hydrogen-bond donors (Lipinski definition) is 1. The van der Waals surface area contributed by atoms with Gasteiger partial charge in [-0.1, -0.05) is 52.5 Å². The Kier molecular flexibility index (Phi) is 5.75. The van der Waals surface area contributed by atoms with Gasteiger partial charge in [0.25, 0.3) is 10.0 Å². The highest BCUT2D eigenvalue weighted by Crippen LogP contribution is 2.26. The SMILES string of the molecule is Cc1cc(Cl)nc(Cl)c1S(=O)(=O)N/N=C\c1c(Cl)cccc1Cl. The van der Waals surface area contributed by atoms with Crippen molar-refractivity contribution in [1.82, 2.24) is 9.82 Å². The molecule has 1 N–H and O–H groups in total. The fourth-order valence-corrected chi connectivity index (χ4v) is 4.11. The van der Waals surface area contributed by atoms with Crippen molar-refractivity contribution in [1.29, 1.82) is 0 Å². The van der Waals surface area contributed by atoms with Crippen LogP contribution in [-0.4, -0.2) is 19.6 Å². The molecule has 122 valence electrons. The van der Waals surface area contributed by atoms with E-state index in [4.69, 9.17) is 46.4 Å². The third-order valence-electron chi connectivity index (χ3n) is 2.72. The molecule has 0 aliphatic heterocycles. The molecule has 0 spiro atoms. The van der Waals surface area contributed by atoms with Crippen molar-refractivity contribution in [2.75, 3.05) is 0 Å². The third kappa shape index (κ3) is 4.28. The molecule has 10 heteroatoms. The molecule has 0 unspecified atom stereocenters. The van der Waals surface area contributed by atoms with Crippen LogP contribution in [0.5, 0.6) is 0 Å². The molecular formula is C13H9Cl4N3O2S. The number of rotatable bonds is 4. The number of sulfonamides is 1. The number of hydrogen-bond acceptors (Lipinski definition) is 4. The summed E-state index contributed by atoms with van der Waals surface area (Å²) in [4.78, 5) is 5.55. The molecule has 0 radical (unpaired) electrons. The first-order valence-electron chi connectivity index (χ1n) is 6.04. The van der Waals surface area contributed by atoms with Crippen molar-refractivity contribution < 1.29 is 8.42 Å². The average Bonchev–Trinajstić information content (AvgIpc) is 2.40. The maximum Gasteiger partial charge on any atom is 0.279 e. The fourth-order valence-electron chi connectivity index (χ4n) is 1.75. The minimum Gasteiger partial charge on any atom is -0.223 e. The molecule has 0 saturated carbocycles. The summed E-state index contributed by atoms with van der Waals surface area (Å²) in [5, 5.41) is 4.19. The number of halogens is 4. The summed E-state index contributed by atoms with van der Waals surface area (Å²) in [7, 11) is -4.02. The smallest absolute Gasteiger partial charge is 0.223 e. The van der Waals surface area contributed by atoms with Gasteiger partial charge >= 0.3 is 0 Å². The first kappa shape index (κ1) is 18.3. The summed E-state index contributed by atoms with van der Waals surface area (Å²) in [5.41, 5.74) is 0.726. The largest absolute Gasteiger partial charge is 0.279 e. The van der Waals surface area contributed by atoms with Crippen molar-refractivity contribution >= 4 is 62.6 Å².